The summed E-state index contributed by atoms with van der Waals surface area (Å²) < 4.78 is 52.0. The van der Waals surface area contributed by atoms with Crippen LogP contribution in [0.2, 0.25) is 0 Å². The van der Waals surface area contributed by atoms with E-state index in [1.807, 2.05) is 0 Å². The fourth-order valence-corrected chi connectivity index (χ4v) is 4.47. The summed E-state index contributed by atoms with van der Waals surface area (Å²) in [5.74, 6) is -5.04. The number of rotatable bonds is 2. The van der Waals surface area contributed by atoms with Gasteiger partial charge in [0.15, 0.2) is 17.5 Å². The van der Waals surface area contributed by atoms with Crippen LogP contribution in [0.3, 0.4) is 0 Å². The van der Waals surface area contributed by atoms with Crippen molar-refractivity contribution in [2.24, 2.45) is 0 Å². The van der Waals surface area contributed by atoms with E-state index in [4.69, 9.17) is 0 Å². The minimum absolute atomic E-state index is 0.0667. The van der Waals surface area contributed by atoms with Gasteiger partial charge in [-0.1, -0.05) is 6.07 Å². The van der Waals surface area contributed by atoms with Gasteiger partial charge in [0.25, 0.3) is 0 Å². The second-order valence-electron chi connectivity index (χ2n) is 5.94. The molecule has 2 aliphatic heterocycles. The number of piperidine rings is 1. The van der Waals surface area contributed by atoms with Crippen molar-refractivity contribution >= 4 is 13.5 Å². The first-order valence-electron chi connectivity index (χ1n) is 7.22. The molecule has 0 aliphatic carbocycles. The molecule has 1 aromatic rings. The van der Waals surface area contributed by atoms with Gasteiger partial charge in [0, 0.05) is 11.6 Å². The van der Waals surface area contributed by atoms with Crippen molar-refractivity contribution in [3.05, 3.63) is 35.1 Å². The van der Waals surface area contributed by atoms with Gasteiger partial charge in [-0.05, 0) is 31.7 Å². The second-order valence-corrected chi connectivity index (χ2v) is 7.74. The maximum Gasteiger partial charge on any atom is 0.337 e. The van der Waals surface area contributed by atoms with Gasteiger partial charge < -0.3 is 14.7 Å². The summed E-state index contributed by atoms with van der Waals surface area (Å²) in [7, 11) is -4.61. The van der Waals surface area contributed by atoms with Gasteiger partial charge in [-0.25, -0.2) is 13.2 Å². The van der Waals surface area contributed by atoms with E-state index in [2.05, 4.69) is 0 Å². The van der Waals surface area contributed by atoms with Crippen molar-refractivity contribution in [1.82, 2.24) is 4.90 Å². The Labute approximate surface area is 130 Å². The molecule has 2 heterocycles. The first-order valence-corrected chi connectivity index (χ1v) is 8.90. The molecular weight excluding hydrogens is 334 g/mol. The molecule has 2 aliphatic rings. The molecule has 3 rings (SSSR count). The quantitative estimate of drug-likeness (QED) is 0.635. The molecule has 0 bridgehead atoms. The van der Waals surface area contributed by atoms with Gasteiger partial charge in [0.1, 0.15) is 5.66 Å². The lowest BCUT2D eigenvalue weighted by molar-refractivity contribution is -0.136. The van der Waals surface area contributed by atoms with E-state index < -0.39 is 42.7 Å². The van der Waals surface area contributed by atoms with E-state index >= 15 is 0 Å². The van der Waals surface area contributed by atoms with Crippen molar-refractivity contribution < 1.29 is 32.3 Å². The van der Waals surface area contributed by atoms with Crippen molar-refractivity contribution in [3.8, 4) is 0 Å². The van der Waals surface area contributed by atoms with Crippen molar-refractivity contribution in [1.29, 1.82) is 0 Å². The predicted octanol–water partition coefficient (Wildman–Crippen LogP) is 2.48. The van der Waals surface area contributed by atoms with Crippen LogP contribution in [-0.2, 0) is 9.36 Å². The average molecular weight is 349 g/mol. The maximum atomic E-state index is 14.0. The van der Waals surface area contributed by atoms with Gasteiger partial charge in [-0.15, -0.1) is 0 Å². The molecule has 2 fully saturated rings. The molecule has 1 unspecified atom stereocenters. The summed E-state index contributed by atoms with van der Waals surface area (Å²) in [6, 6.07) is 0.769. The molecule has 0 radical (unpaired) electrons. The highest BCUT2D eigenvalue weighted by Crippen LogP contribution is 2.51. The lowest BCUT2D eigenvalue weighted by Crippen LogP contribution is -2.47. The highest BCUT2D eigenvalue weighted by molar-refractivity contribution is 7.53. The van der Waals surface area contributed by atoms with Crippen LogP contribution < -0.4 is 0 Å². The third-order valence-corrected chi connectivity index (χ3v) is 5.94. The fraction of sp³-hybridized carbons (Fsp3) is 0.500. The largest absolute Gasteiger partial charge is 0.337 e. The van der Waals surface area contributed by atoms with Gasteiger partial charge >= 0.3 is 7.60 Å². The Kier molecular flexibility index (Phi) is 4.02. The van der Waals surface area contributed by atoms with Crippen LogP contribution in [0.1, 0.15) is 37.3 Å². The number of fused-ring (bicyclic) bond motifs is 1. The number of halogens is 3. The van der Waals surface area contributed by atoms with Gasteiger partial charge in [-0.2, -0.15) is 0 Å². The summed E-state index contributed by atoms with van der Waals surface area (Å²) in [6.07, 6.45) is 1.33. The highest BCUT2D eigenvalue weighted by atomic mass is 31.2. The van der Waals surface area contributed by atoms with Crippen molar-refractivity contribution in [2.75, 3.05) is 0 Å². The normalized spacial score (nSPS) is 28.1. The van der Waals surface area contributed by atoms with Crippen molar-refractivity contribution in [3.63, 3.8) is 0 Å². The first kappa shape index (κ1) is 16.5. The van der Waals surface area contributed by atoms with Gasteiger partial charge in [0.2, 0.25) is 5.91 Å². The second kappa shape index (κ2) is 5.61. The zero-order valence-electron chi connectivity index (χ0n) is 12.0. The summed E-state index contributed by atoms with van der Waals surface area (Å²) in [6.45, 7) is 0. The zero-order chi connectivity index (χ0) is 16.9. The summed E-state index contributed by atoms with van der Waals surface area (Å²) >= 11 is 0. The Morgan fingerprint density at radius 2 is 1.70 bits per heavy atom. The Morgan fingerprint density at radius 1 is 1.04 bits per heavy atom. The van der Waals surface area contributed by atoms with Crippen LogP contribution in [0.15, 0.2) is 12.1 Å². The highest BCUT2D eigenvalue weighted by Gasteiger charge is 2.49. The number of amides is 1. The van der Waals surface area contributed by atoms with Crippen LogP contribution in [0, 0.1) is 17.5 Å². The van der Waals surface area contributed by atoms with Crippen LogP contribution in [-0.4, -0.2) is 32.3 Å². The molecule has 2 N–H and O–H groups in total. The van der Waals surface area contributed by atoms with E-state index in [1.165, 1.54) is 4.90 Å². The predicted molar refractivity (Wildman–Crippen MR) is 74.0 cm³/mol. The molecule has 1 aromatic carbocycles. The van der Waals surface area contributed by atoms with Crippen molar-refractivity contribution in [2.45, 2.75) is 43.4 Å². The first-order chi connectivity index (χ1) is 10.7. The molecule has 9 heteroatoms. The standard InChI is InChI=1S/C14H15F3NO4P/c15-9-4-3-8(12(16)13(9)17)10-5-1-7-2-6-11(23(20,21)22)14(19)18(7)10/h3-4,7,10-11H,1-2,5-6H2,(H2,20,21,22)/t7-,10-,11?/m0/s1. The monoisotopic (exact) mass is 349 g/mol. The third kappa shape index (κ3) is 2.69. The summed E-state index contributed by atoms with van der Waals surface area (Å²) in [5, 5.41) is 0. The molecule has 1 amide bonds. The number of benzene rings is 1. The lowest BCUT2D eigenvalue weighted by atomic mass is 10.0. The molecule has 0 spiro atoms. The molecule has 3 atom stereocenters. The Bertz CT molecular complexity index is 708. The minimum Gasteiger partial charge on any atom is -0.332 e. The summed E-state index contributed by atoms with van der Waals surface area (Å²) in [5.41, 5.74) is -1.61. The molecule has 0 aromatic heterocycles. The third-order valence-electron chi connectivity index (χ3n) is 4.65. The smallest absolute Gasteiger partial charge is 0.332 e. The number of hydrogen-bond donors (Lipinski definition) is 2. The Morgan fingerprint density at radius 3 is 2.35 bits per heavy atom. The topological polar surface area (TPSA) is 77.8 Å². The van der Waals surface area contributed by atoms with Crippen LogP contribution >= 0.6 is 7.60 Å². The van der Waals surface area contributed by atoms with Crippen LogP contribution in [0.5, 0.6) is 0 Å². The molecular formula is C14H15F3NO4P. The number of nitrogens with zero attached hydrogens (tertiary/aromatic N) is 1. The number of hydrogen-bond acceptors (Lipinski definition) is 2. The fourth-order valence-electron chi connectivity index (χ4n) is 3.56. The van der Waals surface area contributed by atoms with E-state index in [-0.39, 0.29) is 18.0 Å². The maximum absolute atomic E-state index is 14.0. The van der Waals surface area contributed by atoms with E-state index in [9.17, 15) is 32.3 Å². The SMILES string of the molecule is O=C1C(P(=O)(O)O)CC[C@@H]2CC[C@@H](c3ccc(F)c(F)c3F)N12. The zero-order valence-corrected chi connectivity index (χ0v) is 12.8. The van der Waals surface area contributed by atoms with E-state index in [0.29, 0.717) is 19.3 Å². The Hall–Kier alpha value is -1.37. The molecule has 126 valence electrons. The summed E-state index contributed by atoms with van der Waals surface area (Å²) in [4.78, 5) is 32.3. The van der Waals surface area contributed by atoms with Gasteiger partial charge in [0.05, 0.1) is 6.04 Å². The Balaban J connectivity index is 1.98. The van der Waals surface area contributed by atoms with E-state index in [1.54, 1.807) is 0 Å². The lowest BCUT2D eigenvalue weighted by Gasteiger charge is -2.38. The van der Waals surface area contributed by atoms with E-state index in [0.717, 1.165) is 12.1 Å². The molecule has 0 saturated carbocycles. The molecule has 2 saturated heterocycles. The number of carbonyl (C=O) groups is 1. The van der Waals surface area contributed by atoms with Crippen LogP contribution in [0.4, 0.5) is 13.2 Å². The molecule has 23 heavy (non-hydrogen) atoms. The average Bonchev–Trinajstić information content (AvgIpc) is 2.89. The number of carbonyl (C=O) groups excluding carboxylic acids is 1. The van der Waals surface area contributed by atoms with Crippen LogP contribution in [0.25, 0.3) is 0 Å². The molecule has 5 nitrogen and oxygen atoms in total. The van der Waals surface area contributed by atoms with Gasteiger partial charge in [-0.3, -0.25) is 9.36 Å². The minimum atomic E-state index is -4.61.